The Labute approximate surface area is 151 Å². The van der Waals surface area contributed by atoms with Crippen LogP contribution in [0.5, 0.6) is 5.75 Å². The molecular weight excluding hydrogens is 332 g/mol. The predicted octanol–water partition coefficient (Wildman–Crippen LogP) is 4.92. The summed E-state index contributed by atoms with van der Waals surface area (Å²) < 4.78 is 6.63. The molecule has 0 saturated heterocycles. The Morgan fingerprint density at radius 3 is 2.56 bits per heavy atom. The number of aryl methyl sites for hydroxylation is 1. The van der Waals surface area contributed by atoms with Gasteiger partial charge < -0.3 is 4.74 Å². The van der Waals surface area contributed by atoms with Gasteiger partial charge >= 0.3 is 0 Å². The molecule has 0 saturated carbocycles. The van der Waals surface area contributed by atoms with Gasteiger partial charge in [0.15, 0.2) is 11.7 Å². The first-order valence-corrected chi connectivity index (χ1v) is 9.03. The quantitative estimate of drug-likeness (QED) is 0.723. The normalized spacial score (nSPS) is 11.5. The summed E-state index contributed by atoms with van der Waals surface area (Å²) in [6, 6.07) is 13.9. The lowest BCUT2D eigenvalue weighted by molar-refractivity contribution is -0.118. The summed E-state index contributed by atoms with van der Waals surface area (Å²) in [6.45, 7) is 8.49. The van der Waals surface area contributed by atoms with Crippen LogP contribution in [0.4, 0.5) is 5.13 Å². The van der Waals surface area contributed by atoms with Crippen molar-refractivity contribution in [3.05, 3.63) is 53.6 Å². The third-order valence-electron chi connectivity index (χ3n) is 3.88. The van der Waals surface area contributed by atoms with Crippen molar-refractivity contribution in [2.24, 2.45) is 0 Å². The first-order chi connectivity index (χ1) is 11.8. The maximum absolute atomic E-state index is 12.1. The van der Waals surface area contributed by atoms with Crippen molar-refractivity contribution in [2.75, 3.05) is 11.9 Å². The first kappa shape index (κ1) is 17.4. The summed E-state index contributed by atoms with van der Waals surface area (Å²) in [7, 11) is 0. The highest BCUT2D eigenvalue weighted by atomic mass is 32.1. The number of carbonyl (C=O) groups excluding carboxylic acids is 1. The van der Waals surface area contributed by atoms with Crippen LogP contribution >= 0.6 is 11.3 Å². The van der Waals surface area contributed by atoms with Crippen LogP contribution in [0.15, 0.2) is 42.5 Å². The van der Waals surface area contributed by atoms with E-state index in [2.05, 4.69) is 37.1 Å². The molecule has 0 unspecified atom stereocenters. The molecule has 0 aliphatic rings. The van der Waals surface area contributed by atoms with Crippen LogP contribution < -0.4 is 10.1 Å². The summed E-state index contributed by atoms with van der Waals surface area (Å²) in [5.74, 6) is 0.471. The summed E-state index contributed by atoms with van der Waals surface area (Å²) in [6.07, 6.45) is 0. The molecule has 0 spiro atoms. The second-order valence-corrected chi connectivity index (χ2v) is 8.13. The minimum absolute atomic E-state index is 0.0379. The number of nitrogens with one attached hydrogen (secondary N) is 1. The second kappa shape index (κ2) is 6.84. The Hall–Kier alpha value is -2.40. The highest BCUT2D eigenvalue weighted by Gasteiger charge is 2.13. The number of thiazole rings is 1. The molecule has 4 nitrogen and oxygen atoms in total. The molecule has 0 bridgehead atoms. The van der Waals surface area contributed by atoms with Gasteiger partial charge in [-0.3, -0.25) is 10.1 Å². The number of hydrogen-bond donors (Lipinski definition) is 1. The Kier molecular flexibility index (Phi) is 4.77. The van der Waals surface area contributed by atoms with Gasteiger partial charge in [0.25, 0.3) is 5.91 Å². The summed E-state index contributed by atoms with van der Waals surface area (Å²) in [5.41, 5.74) is 3.40. The topological polar surface area (TPSA) is 51.2 Å². The third-order valence-corrected chi connectivity index (χ3v) is 4.81. The van der Waals surface area contributed by atoms with E-state index in [0.29, 0.717) is 10.9 Å². The monoisotopic (exact) mass is 354 g/mol. The molecule has 0 fully saturated rings. The van der Waals surface area contributed by atoms with Crippen molar-refractivity contribution in [1.82, 2.24) is 4.98 Å². The van der Waals surface area contributed by atoms with Gasteiger partial charge in [-0.05, 0) is 47.7 Å². The Balaban J connectivity index is 1.58. The molecular formula is C20H22N2O2S. The van der Waals surface area contributed by atoms with Crippen LogP contribution in [0.3, 0.4) is 0 Å². The number of fused-ring (bicyclic) bond motifs is 1. The van der Waals surface area contributed by atoms with Crippen molar-refractivity contribution >= 4 is 32.6 Å². The average molecular weight is 354 g/mol. The van der Waals surface area contributed by atoms with Crippen LogP contribution in [-0.4, -0.2) is 17.5 Å². The van der Waals surface area contributed by atoms with E-state index < -0.39 is 0 Å². The molecule has 5 heteroatoms. The number of anilines is 1. The number of hydrogen-bond acceptors (Lipinski definition) is 4. The van der Waals surface area contributed by atoms with E-state index in [1.807, 2.05) is 43.3 Å². The van der Waals surface area contributed by atoms with E-state index in [0.717, 1.165) is 10.2 Å². The molecule has 1 aromatic heterocycles. The first-order valence-electron chi connectivity index (χ1n) is 8.22. The zero-order valence-electron chi connectivity index (χ0n) is 14.9. The zero-order chi connectivity index (χ0) is 18.0. The largest absolute Gasteiger partial charge is 0.484 e. The maximum atomic E-state index is 12.1. The minimum Gasteiger partial charge on any atom is -0.484 e. The third kappa shape index (κ3) is 4.37. The molecule has 0 radical (unpaired) electrons. The number of amides is 1. The summed E-state index contributed by atoms with van der Waals surface area (Å²) in [5, 5.41) is 3.39. The minimum atomic E-state index is -0.212. The van der Waals surface area contributed by atoms with Gasteiger partial charge in [-0.1, -0.05) is 50.3 Å². The van der Waals surface area contributed by atoms with E-state index in [1.54, 1.807) is 0 Å². The van der Waals surface area contributed by atoms with Gasteiger partial charge in [0.2, 0.25) is 0 Å². The van der Waals surface area contributed by atoms with Gasteiger partial charge in [0.1, 0.15) is 5.75 Å². The fraction of sp³-hybridized carbons (Fsp3) is 0.300. The zero-order valence-corrected chi connectivity index (χ0v) is 15.7. The molecule has 0 atom stereocenters. The fourth-order valence-corrected chi connectivity index (χ4v) is 3.42. The lowest BCUT2D eigenvalue weighted by Gasteiger charge is -2.19. The summed E-state index contributed by atoms with van der Waals surface area (Å²) >= 11 is 1.47. The van der Waals surface area contributed by atoms with E-state index in [1.165, 1.54) is 22.5 Å². The Morgan fingerprint density at radius 1 is 1.16 bits per heavy atom. The number of ether oxygens (including phenoxy) is 1. The Bertz CT molecular complexity index is 892. The van der Waals surface area contributed by atoms with Crippen LogP contribution in [0.25, 0.3) is 10.2 Å². The van der Waals surface area contributed by atoms with Crippen molar-refractivity contribution < 1.29 is 9.53 Å². The predicted molar refractivity (Wildman–Crippen MR) is 104 cm³/mol. The standard InChI is InChI=1S/C20H22N2O2S/c1-13-5-10-16-17(11-13)25-19(21-16)22-18(23)12-24-15-8-6-14(7-9-15)20(2,3)4/h5-11H,12H2,1-4H3,(H,21,22,23). The molecule has 3 rings (SSSR count). The number of aromatic nitrogens is 1. The van der Waals surface area contributed by atoms with Crippen LogP contribution in [-0.2, 0) is 10.2 Å². The van der Waals surface area contributed by atoms with Crippen molar-refractivity contribution in [1.29, 1.82) is 0 Å². The average Bonchev–Trinajstić information content (AvgIpc) is 2.93. The molecule has 1 heterocycles. The van der Waals surface area contributed by atoms with Crippen LogP contribution in [0.2, 0.25) is 0 Å². The van der Waals surface area contributed by atoms with Crippen molar-refractivity contribution in [3.8, 4) is 5.75 Å². The molecule has 25 heavy (non-hydrogen) atoms. The highest BCUT2D eigenvalue weighted by Crippen LogP contribution is 2.27. The molecule has 0 aliphatic carbocycles. The SMILES string of the molecule is Cc1ccc2nc(NC(=O)COc3ccc(C(C)(C)C)cc3)sc2c1. The van der Waals surface area contributed by atoms with Gasteiger partial charge in [0, 0.05) is 0 Å². The summed E-state index contributed by atoms with van der Waals surface area (Å²) in [4.78, 5) is 16.5. The number of benzene rings is 2. The van der Waals surface area contributed by atoms with Crippen molar-refractivity contribution in [3.63, 3.8) is 0 Å². The van der Waals surface area contributed by atoms with Gasteiger partial charge in [-0.2, -0.15) is 0 Å². The van der Waals surface area contributed by atoms with Crippen LogP contribution in [0.1, 0.15) is 31.9 Å². The Morgan fingerprint density at radius 2 is 1.88 bits per heavy atom. The second-order valence-electron chi connectivity index (χ2n) is 7.10. The highest BCUT2D eigenvalue weighted by molar-refractivity contribution is 7.22. The molecule has 3 aromatic rings. The van der Waals surface area contributed by atoms with E-state index in [4.69, 9.17) is 4.74 Å². The van der Waals surface area contributed by atoms with Crippen LogP contribution in [0, 0.1) is 6.92 Å². The molecule has 2 aromatic carbocycles. The molecule has 130 valence electrons. The lowest BCUT2D eigenvalue weighted by atomic mass is 9.87. The van der Waals surface area contributed by atoms with E-state index >= 15 is 0 Å². The van der Waals surface area contributed by atoms with E-state index in [-0.39, 0.29) is 17.9 Å². The molecule has 1 N–H and O–H groups in total. The van der Waals surface area contributed by atoms with Crippen molar-refractivity contribution in [2.45, 2.75) is 33.1 Å². The van der Waals surface area contributed by atoms with Gasteiger partial charge in [0.05, 0.1) is 10.2 Å². The number of nitrogens with zero attached hydrogens (tertiary/aromatic N) is 1. The number of rotatable bonds is 4. The molecule has 0 aliphatic heterocycles. The van der Waals surface area contributed by atoms with Gasteiger partial charge in [-0.25, -0.2) is 4.98 Å². The van der Waals surface area contributed by atoms with Gasteiger partial charge in [-0.15, -0.1) is 0 Å². The number of carbonyl (C=O) groups is 1. The maximum Gasteiger partial charge on any atom is 0.264 e. The molecule has 1 amide bonds. The smallest absolute Gasteiger partial charge is 0.264 e. The lowest BCUT2D eigenvalue weighted by Crippen LogP contribution is -2.20. The fourth-order valence-electron chi connectivity index (χ4n) is 2.44. The van der Waals surface area contributed by atoms with E-state index in [9.17, 15) is 4.79 Å².